The van der Waals surface area contributed by atoms with Crippen molar-refractivity contribution in [3.05, 3.63) is 42.0 Å². The lowest BCUT2D eigenvalue weighted by Crippen LogP contribution is -2.48. The van der Waals surface area contributed by atoms with Crippen molar-refractivity contribution in [2.75, 3.05) is 13.2 Å². The Morgan fingerprint density at radius 1 is 1.00 bits per heavy atom. The Hall–Kier alpha value is -1.21. The molecule has 0 amide bonds. The lowest BCUT2D eigenvalue weighted by molar-refractivity contribution is -0.0414. The molecule has 1 aromatic carbocycles. The van der Waals surface area contributed by atoms with Crippen LogP contribution in [-0.2, 0) is 14.6 Å². The van der Waals surface area contributed by atoms with Crippen molar-refractivity contribution in [1.29, 1.82) is 0 Å². The lowest BCUT2D eigenvalue weighted by Gasteiger charge is -2.55. The van der Waals surface area contributed by atoms with Crippen molar-refractivity contribution in [2.24, 2.45) is 35.0 Å². The summed E-state index contributed by atoms with van der Waals surface area (Å²) >= 11 is 0. The van der Waals surface area contributed by atoms with Gasteiger partial charge in [0.05, 0.1) is 28.0 Å². The molecular weight excluding hydrogens is 508 g/mol. The van der Waals surface area contributed by atoms with Crippen LogP contribution in [0.2, 0.25) is 0 Å². The Labute approximate surface area is 235 Å². The van der Waals surface area contributed by atoms with Gasteiger partial charge in [-0.1, -0.05) is 43.7 Å². The predicted molar refractivity (Wildman–Crippen MR) is 153 cm³/mol. The highest BCUT2D eigenvalue weighted by atomic mass is 32.2. The largest absolute Gasteiger partial charge is 0.390 e. The Morgan fingerprint density at radius 2 is 1.79 bits per heavy atom. The van der Waals surface area contributed by atoms with Crippen LogP contribution in [0, 0.1) is 35.0 Å². The molecule has 2 N–H and O–H groups in total. The molecule has 4 aliphatic carbocycles. The molecule has 0 radical (unpaired) electrons. The third kappa shape index (κ3) is 4.96. The van der Waals surface area contributed by atoms with Gasteiger partial charge in [-0.05, 0) is 118 Å². The summed E-state index contributed by atoms with van der Waals surface area (Å²) in [5.74, 6) is 2.99. The van der Waals surface area contributed by atoms with Crippen LogP contribution in [-0.4, -0.2) is 48.3 Å². The molecule has 1 aromatic rings. The first-order valence-corrected chi connectivity index (χ1v) is 17.1. The van der Waals surface area contributed by atoms with E-state index in [4.69, 9.17) is 4.74 Å². The number of ether oxygens (including phenoxy) is 1. The van der Waals surface area contributed by atoms with Crippen molar-refractivity contribution in [1.82, 2.24) is 0 Å². The smallest absolute Gasteiger partial charge is 0.181 e. The highest BCUT2D eigenvalue weighted by Crippen LogP contribution is 2.64. The monoisotopic (exact) mass is 556 g/mol. The van der Waals surface area contributed by atoms with E-state index in [0.29, 0.717) is 53.9 Å². The zero-order valence-electron chi connectivity index (χ0n) is 23.9. The molecule has 1 aliphatic heterocycles. The first kappa shape index (κ1) is 27.9. The number of rotatable bonds is 7. The van der Waals surface area contributed by atoms with E-state index in [1.54, 1.807) is 24.3 Å². The number of fused-ring (bicyclic) bond motifs is 5. The predicted octanol–water partition coefficient (Wildman–Crippen LogP) is 6.09. The van der Waals surface area contributed by atoms with Gasteiger partial charge in [0.15, 0.2) is 9.84 Å². The Kier molecular flexibility index (Phi) is 7.35. The Balaban J connectivity index is 1.24. The highest BCUT2D eigenvalue weighted by Gasteiger charge is 2.57. The Bertz CT molecular complexity index is 1170. The molecule has 39 heavy (non-hydrogen) atoms. The fourth-order valence-electron chi connectivity index (χ4n) is 9.78. The van der Waals surface area contributed by atoms with E-state index in [0.717, 1.165) is 44.9 Å². The summed E-state index contributed by atoms with van der Waals surface area (Å²) in [6.07, 6.45) is 13.4. The van der Waals surface area contributed by atoms with Crippen molar-refractivity contribution in [3.63, 3.8) is 0 Å². The van der Waals surface area contributed by atoms with Crippen LogP contribution in [0.1, 0.15) is 90.9 Å². The standard InChI is InChI=1S/C33H48O5S/c1-3-32(34)16-14-27-23(20-32)9-11-29-28(27)13-15-31(2)24(10-12-30(29)31)19-26(21-33(35)17-18-38-22-33)39(36,37)25-7-5-4-6-8-25/h4-9,24,26-30,34-35H,3,10-22H2,1-2H3/t24?,26?,27?,28?,29?,30-,31+,32-,33?/m0/s1. The van der Waals surface area contributed by atoms with E-state index in [-0.39, 0.29) is 18.4 Å². The van der Waals surface area contributed by atoms with Gasteiger partial charge in [-0.15, -0.1) is 0 Å². The molecule has 6 rings (SSSR count). The second-order valence-corrected chi connectivity index (χ2v) is 16.3. The van der Waals surface area contributed by atoms with Crippen molar-refractivity contribution in [3.8, 4) is 0 Å². The fourth-order valence-corrected chi connectivity index (χ4v) is 11.7. The molecule has 0 aromatic heterocycles. The lowest BCUT2D eigenvalue weighted by atomic mass is 9.51. The summed E-state index contributed by atoms with van der Waals surface area (Å²) in [4.78, 5) is 0.371. The van der Waals surface area contributed by atoms with Gasteiger partial charge >= 0.3 is 0 Å². The van der Waals surface area contributed by atoms with Gasteiger partial charge in [-0.3, -0.25) is 0 Å². The molecule has 1 saturated heterocycles. The zero-order valence-corrected chi connectivity index (χ0v) is 24.7. The summed E-state index contributed by atoms with van der Waals surface area (Å²) in [6.45, 7) is 5.29. The van der Waals surface area contributed by atoms with Crippen LogP contribution >= 0.6 is 0 Å². The second kappa shape index (κ2) is 10.3. The van der Waals surface area contributed by atoms with Crippen LogP contribution in [0.3, 0.4) is 0 Å². The molecule has 9 atom stereocenters. The summed E-state index contributed by atoms with van der Waals surface area (Å²) in [6, 6.07) is 8.85. The fraction of sp³-hybridized carbons (Fsp3) is 0.758. The molecule has 6 unspecified atom stereocenters. The summed E-state index contributed by atoms with van der Waals surface area (Å²) in [5, 5.41) is 21.6. The number of allylic oxidation sites excluding steroid dienone is 1. The molecule has 5 nitrogen and oxygen atoms in total. The van der Waals surface area contributed by atoms with Crippen LogP contribution in [0.4, 0.5) is 0 Å². The SMILES string of the molecule is CC[C@]1(O)CCC2C(=CCC3C2CC[C@]2(C)C(CC(CC4(O)CCOC4)S(=O)(=O)c4ccccc4)CC[C@@H]32)C1. The van der Waals surface area contributed by atoms with Gasteiger partial charge in [0.2, 0.25) is 0 Å². The maximum atomic E-state index is 14.0. The first-order valence-electron chi connectivity index (χ1n) is 15.6. The van der Waals surface area contributed by atoms with Gasteiger partial charge in [-0.25, -0.2) is 8.42 Å². The van der Waals surface area contributed by atoms with Crippen molar-refractivity contribution >= 4 is 9.84 Å². The minimum atomic E-state index is -3.58. The minimum absolute atomic E-state index is 0.143. The number of aliphatic hydroxyl groups is 2. The van der Waals surface area contributed by atoms with E-state index in [1.807, 2.05) is 6.07 Å². The topological polar surface area (TPSA) is 83.8 Å². The van der Waals surface area contributed by atoms with Crippen LogP contribution < -0.4 is 0 Å². The van der Waals surface area contributed by atoms with E-state index in [2.05, 4.69) is 19.9 Å². The number of hydrogen-bond donors (Lipinski definition) is 2. The molecule has 0 spiro atoms. The Morgan fingerprint density at radius 3 is 2.51 bits per heavy atom. The average Bonchev–Trinajstić information content (AvgIpc) is 3.51. The van der Waals surface area contributed by atoms with Crippen LogP contribution in [0.25, 0.3) is 0 Å². The molecular formula is C33H48O5S. The molecule has 1 heterocycles. The van der Waals surface area contributed by atoms with Gasteiger partial charge in [0, 0.05) is 13.0 Å². The number of hydrogen-bond acceptors (Lipinski definition) is 5. The highest BCUT2D eigenvalue weighted by molar-refractivity contribution is 7.92. The maximum absolute atomic E-state index is 14.0. The first-order chi connectivity index (χ1) is 18.6. The summed E-state index contributed by atoms with van der Waals surface area (Å²) in [7, 11) is -3.58. The third-order valence-electron chi connectivity index (χ3n) is 12.2. The molecule has 6 heteroatoms. The van der Waals surface area contributed by atoms with Gasteiger partial charge in [-0.2, -0.15) is 0 Å². The average molecular weight is 557 g/mol. The second-order valence-electron chi connectivity index (χ2n) is 14.1. The van der Waals surface area contributed by atoms with E-state index in [1.165, 1.54) is 18.4 Å². The minimum Gasteiger partial charge on any atom is -0.390 e. The van der Waals surface area contributed by atoms with E-state index >= 15 is 0 Å². The van der Waals surface area contributed by atoms with Gasteiger partial charge in [0.25, 0.3) is 0 Å². The van der Waals surface area contributed by atoms with E-state index in [9.17, 15) is 18.6 Å². The van der Waals surface area contributed by atoms with Gasteiger partial charge < -0.3 is 14.9 Å². The van der Waals surface area contributed by atoms with Crippen molar-refractivity contribution < 1.29 is 23.4 Å². The normalized spacial score (nSPS) is 42.8. The molecule has 5 aliphatic rings. The molecule has 0 bridgehead atoms. The van der Waals surface area contributed by atoms with E-state index < -0.39 is 26.3 Å². The molecule has 216 valence electrons. The van der Waals surface area contributed by atoms with Gasteiger partial charge in [0.1, 0.15) is 0 Å². The number of benzene rings is 1. The maximum Gasteiger partial charge on any atom is 0.181 e. The third-order valence-corrected chi connectivity index (χ3v) is 14.4. The quantitative estimate of drug-likeness (QED) is 0.397. The summed E-state index contributed by atoms with van der Waals surface area (Å²) < 4.78 is 33.5. The van der Waals surface area contributed by atoms with Crippen LogP contribution in [0.5, 0.6) is 0 Å². The van der Waals surface area contributed by atoms with Crippen LogP contribution in [0.15, 0.2) is 46.9 Å². The molecule has 3 saturated carbocycles. The number of sulfone groups is 1. The molecule has 4 fully saturated rings. The van der Waals surface area contributed by atoms with Crippen molar-refractivity contribution in [2.45, 2.75) is 112 Å². The zero-order chi connectivity index (χ0) is 27.5. The summed E-state index contributed by atoms with van der Waals surface area (Å²) in [5.41, 5.74) is 0.0930.